The highest BCUT2D eigenvalue weighted by Crippen LogP contribution is 2.46. The average molecular weight is 386 g/mol. The molecule has 0 heterocycles. The van der Waals surface area contributed by atoms with E-state index in [-0.39, 0.29) is 20.9 Å². The molecule has 0 radical (unpaired) electrons. The van der Waals surface area contributed by atoms with Crippen LogP contribution in [0, 0.1) is 22.7 Å². The van der Waals surface area contributed by atoms with Crippen LogP contribution in [0.25, 0.3) is 16.7 Å². The summed E-state index contributed by atoms with van der Waals surface area (Å²) < 4.78 is 46.6. The highest BCUT2D eigenvalue weighted by molar-refractivity contribution is 7.89. The average Bonchev–Trinajstić information content (AvgIpc) is 2.88. The van der Waals surface area contributed by atoms with Crippen LogP contribution in [0.4, 0.5) is 0 Å². The Labute approximate surface area is 149 Å². The number of rotatable bonds is 2. The predicted molar refractivity (Wildman–Crippen MR) is 91.9 cm³/mol. The molecule has 1 aliphatic carbocycles. The zero-order chi connectivity index (χ0) is 19.3. The number of benzene rings is 2. The number of allylic oxidation sites excluding steroid dienone is 1. The summed E-state index contributed by atoms with van der Waals surface area (Å²) in [5, 5.41) is 28.9. The Morgan fingerprint density at radius 2 is 1.12 bits per heavy atom. The molecule has 0 fully saturated rings. The summed E-state index contributed by atoms with van der Waals surface area (Å²) in [6.07, 6.45) is 0. The van der Waals surface area contributed by atoms with Crippen LogP contribution in [0.2, 0.25) is 0 Å². The van der Waals surface area contributed by atoms with Crippen LogP contribution >= 0.6 is 0 Å². The molecule has 2 aromatic rings. The van der Waals surface area contributed by atoms with Crippen molar-refractivity contribution in [2.45, 2.75) is 9.79 Å². The third kappa shape index (κ3) is 2.77. The Morgan fingerprint density at radius 1 is 0.731 bits per heavy atom. The molecule has 0 saturated carbocycles. The lowest BCUT2D eigenvalue weighted by atomic mass is 9.99. The molecule has 0 atom stereocenters. The first-order chi connectivity index (χ1) is 12.1. The molecule has 1 aliphatic rings. The zero-order valence-corrected chi connectivity index (χ0v) is 14.6. The molecule has 0 spiro atoms. The molecule has 8 nitrogen and oxygen atoms in total. The van der Waals surface area contributed by atoms with Crippen LogP contribution in [-0.4, -0.2) is 16.8 Å². The second-order valence-corrected chi connectivity index (χ2v) is 8.60. The molecule has 2 aromatic carbocycles. The van der Waals surface area contributed by atoms with E-state index in [1.165, 1.54) is 36.4 Å². The quantitative estimate of drug-likeness (QED) is 0.618. The zero-order valence-electron chi connectivity index (χ0n) is 13.0. The number of sulfonamides is 2. The van der Waals surface area contributed by atoms with Gasteiger partial charge in [-0.05, 0) is 46.5 Å². The van der Waals surface area contributed by atoms with Crippen LogP contribution in [-0.2, 0) is 20.0 Å². The predicted octanol–water partition coefficient (Wildman–Crippen LogP) is 0.811. The normalized spacial score (nSPS) is 12.7. The minimum Gasteiger partial charge on any atom is -0.225 e. The largest absolute Gasteiger partial charge is 0.238 e. The van der Waals surface area contributed by atoms with Gasteiger partial charge in [0.25, 0.3) is 0 Å². The molecule has 0 amide bonds. The molecule has 4 N–H and O–H groups in total. The first-order valence-corrected chi connectivity index (χ1v) is 10.1. The summed E-state index contributed by atoms with van der Waals surface area (Å²) in [7, 11) is -8.02. The lowest BCUT2D eigenvalue weighted by Crippen LogP contribution is -2.12. The van der Waals surface area contributed by atoms with E-state index in [9.17, 15) is 27.4 Å². The number of hydrogen-bond donors (Lipinski definition) is 2. The van der Waals surface area contributed by atoms with E-state index in [0.717, 1.165) is 0 Å². The SMILES string of the molecule is N#CC(C#N)=C1c2cc(S(N)(=O)=O)ccc2-c2ccc(S(N)(=O)=O)cc21. The smallest absolute Gasteiger partial charge is 0.225 e. The molecule has 0 bridgehead atoms. The number of nitriles is 2. The number of hydrogen-bond acceptors (Lipinski definition) is 6. The first-order valence-electron chi connectivity index (χ1n) is 6.97. The highest BCUT2D eigenvalue weighted by Gasteiger charge is 2.29. The third-order valence-corrected chi connectivity index (χ3v) is 5.76. The molecule has 0 aliphatic heterocycles. The number of nitrogens with zero attached hydrogens (tertiary/aromatic N) is 2. The Bertz CT molecular complexity index is 1200. The number of primary sulfonamides is 2. The fraction of sp³-hybridized carbons (Fsp3) is 0. The fourth-order valence-electron chi connectivity index (χ4n) is 2.84. The van der Waals surface area contributed by atoms with E-state index in [1.54, 1.807) is 12.1 Å². The maximum atomic E-state index is 11.6. The van der Waals surface area contributed by atoms with Crippen LogP contribution in [0.1, 0.15) is 11.1 Å². The van der Waals surface area contributed by atoms with Crippen molar-refractivity contribution in [3.8, 4) is 23.3 Å². The molecule has 0 saturated heterocycles. The van der Waals surface area contributed by atoms with Crippen molar-refractivity contribution in [1.29, 1.82) is 10.5 Å². The summed E-state index contributed by atoms with van der Waals surface area (Å²) in [6, 6.07) is 11.6. The van der Waals surface area contributed by atoms with E-state index in [0.29, 0.717) is 22.3 Å². The van der Waals surface area contributed by atoms with E-state index < -0.39 is 20.0 Å². The summed E-state index contributed by atoms with van der Waals surface area (Å²) in [4.78, 5) is -0.382. The summed E-state index contributed by atoms with van der Waals surface area (Å²) >= 11 is 0. The van der Waals surface area contributed by atoms with Gasteiger partial charge in [0, 0.05) is 5.57 Å². The summed E-state index contributed by atoms with van der Waals surface area (Å²) in [5.41, 5.74) is 1.55. The van der Waals surface area contributed by atoms with Gasteiger partial charge in [-0.25, -0.2) is 27.1 Å². The topological polar surface area (TPSA) is 168 Å². The molecular formula is C16H10N4O4S2. The van der Waals surface area contributed by atoms with E-state index in [4.69, 9.17) is 10.3 Å². The summed E-state index contributed by atoms with van der Waals surface area (Å²) in [5.74, 6) is 0. The molecular weight excluding hydrogens is 376 g/mol. The van der Waals surface area contributed by atoms with Crippen LogP contribution in [0.3, 0.4) is 0 Å². The van der Waals surface area contributed by atoms with Crippen LogP contribution in [0.5, 0.6) is 0 Å². The highest BCUT2D eigenvalue weighted by atomic mass is 32.2. The van der Waals surface area contributed by atoms with Crippen molar-refractivity contribution in [3.63, 3.8) is 0 Å². The van der Waals surface area contributed by atoms with Gasteiger partial charge >= 0.3 is 0 Å². The van der Waals surface area contributed by atoms with Crippen molar-refractivity contribution < 1.29 is 16.8 Å². The number of fused-ring (bicyclic) bond motifs is 3. The Morgan fingerprint density at radius 3 is 1.42 bits per heavy atom. The van der Waals surface area contributed by atoms with E-state index in [2.05, 4.69) is 0 Å². The fourth-order valence-corrected chi connectivity index (χ4v) is 3.91. The Hall–Kier alpha value is -3.02. The second-order valence-electron chi connectivity index (χ2n) is 5.48. The second kappa shape index (κ2) is 5.76. The van der Waals surface area contributed by atoms with Crippen LogP contribution < -0.4 is 10.3 Å². The van der Waals surface area contributed by atoms with Gasteiger partial charge in [0.1, 0.15) is 17.7 Å². The molecule has 3 rings (SSSR count). The minimum atomic E-state index is -4.01. The molecule has 10 heteroatoms. The first kappa shape index (κ1) is 17.8. The molecule has 0 aromatic heterocycles. The van der Waals surface area contributed by atoms with Gasteiger partial charge in [0.2, 0.25) is 20.0 Å². The van der Waals surface area contributed by atoms with Crippen molar-refractivity contribution >= 4 is 25.6 Å². The van der Waals surface area contributed by atoms with E-state index in [1.807, 2.05) is 0 Å². The Balaban J connectivity index is 2.45. The van der Waals surface area contributed by atoms with Gasteiger partial charge < -0.3 is 0 Å². The van der Waals surface area contributed by atoms with Crippen molar-refractivity contribution in [1.82, 2.24) is 0 Å². The summed E-state index contributed by atoms with van der Waals surface area (Å²) in [6.45, 7) is 0. The maximum absolute atomic E-state index is 11.6. The molecule has 130 valence electrons. The lowest BCUT2D eigenvalue weighted by Gasteiger charge is -2.05. The van der Waals surface area contributed by atoms with Crippen molar-refractivity contribution in [2.75, 3.05) is 0 Å². The van der Waals surface area contributed by atoms with E-state index >= 15 is 0 Å². The minimum absolute atomic E-state index is 0.135. The van der Waals surface area contributed by atoms with Crippen LogP contribution in [0.15, 0.2) is 51.8 Å². The number of nitrogens with two attached hydrogens (primary N) is 2. The maximum Gasteiger partial charge on any atom is 0.238 e. The monoisotopic (exact) mass is 386 g/mol. The standard InChI is InChI=1S/C16H10N4O4S2/c17-7-9(8-18)16-14-5-10(25(19,21)22)1-3-12(14)13-4-2-11(6-15(13)16)26(20,23)24/h1-6H,(H2,19,21,22)(H2,20,23,24). The van der Waals surface area contributed by atoms with Gasteiger partial charge in [-0.15, -0.1) is 0 Å². The van der Waals surface area contributed by atoms with Gasteiger partial charge in [0.15, 0.2) is 0 Å². The lowest BCUT2D eigenvalue weighted by molar-refractivity contribution is 0.596. The molecule has 0 unspecified atom stereocenters. The van der Waals surface area contributed by atoms with Crippen molar-refractivity contribution in [2.24, 2.45) is 10.3 Å². The van der Waals surface area contributed by atoms with Crippen molar-refractivity contribution in [3.05, 3.63) is 53.1 Å². The van der Waals surface area contributed by atoms with Gasteiger partial charge in [0.05, 0.1) is 9.79 Å². The molecule has 26 heavy (non-hydrogen) atoms. The van der Waals surface area contributed by atoms with Gasteiger partial charge in [-0.1, -0.05) is 12.1 Å². The Kier molecular flexibility index (Phi) is 3.94. The third-order valence-electron chi connectivity index (χ3n) is 3.94. The van der Waals surface area contributed by atoms with Gasteiger partial charge in [-0.3, -0.25) is 0 Å². The van der Waals surface area contributed by atoms with Gasteiger partial charge in [-0.2, -0.15) is 10.5 Å².